The average molecular weight is 345 g/mol. The SMILES string of the molecule is Cc1cnc(CNC(=O)N2CCCN(Cc3cccs3)CC2)cn1. The van der Waals surface area contributed by atoms with Crippen molar-refractivity contribution in [1.29, 1.82) is 0 Å². The molecule has 1 N–H and O–H groups in total. The van der Waals surface area contributed by atoms with E-state index in [0.29, 0.717) is 6.54 Å². The zero-order valence-electron chi connectivity index (χ0n) is 13.9. The number of aromatic nitrogens is 2. The maximum absolute atomic E-state index is 12.4. The molecule has 24 heavy (non-hydrogen) atoms. The van der Waals surface area contributed by atoms with Crippen LogP contribution in [0.15, 0.2) is 29.9 Å². The Kier molecular flexibility index (Phi) is 5.77. The predicted octanol–water partition coefficient (Wildman–Crippen LogP) is 2.26. The summed E-state index contributed by atoms with van der Waals surface area (Å²) in [7, 11) is 0. The first-order chi connectivity index (χ1) is 11.7. The van der Waals surface area contributed by atoms with Crippen molar-refractivity contribution in [3.63, 3.8) is 0 Å². The fraction of sp³-hybridized carbons (Fsp3) is 0.471. The first-order valence-corrected chi connectivity index (χ1v) is 9.14. The first kappa shape index (κ1) is 16.9. The number of hydrogen-bond donors (Lipinski definition) is 1. The number of nitrogens with zero attached hydrogens (tertiary/aromatic N) is 4. The summed E-state index contributed by atoms with van der Waals surface area (Å²) < 4.78 is 0. The number of amides is 2. The second kappa shape index (κ2) is 8.21. The summed E-state index contributed by atoms with van der Waals surface area (Å²) in [6.45, 7) is 6.80. The van der Waals surface area contributed by atoms with Gasteiger partial charge in [-0.05, 0) is 24.8 Å². The summed E-state index contributed by atoms with van der Waals surface area (Å²) in [5.74, 6) is 0. The van der Waals surface area contributed by atoms with Gasteiger partial charge in [-0.1, -0.05) is 6.07 Å². The Hall–Kier alpha value is -1.99. The van der Waals surface area contributed by atoms with Gasteiger partial charge in [-0.3, -0.25) is 14.9 Å². The van der Waals surface area contributed by atoms with Crippen LogP contribution >= 0.6 is 11.3 Å². The topological polar surface area (TPSA) is 61.4 Å². The summed E-state index contributed by atoms with van der Waals surface area (Å²) in [5, 5.41) is 5.06. The lowest BCUT2D eigenvalue weighted by Gasteiger charge is -2.22. The zero-order valence-corrected chi connectivity index (χ0v) is 14.8. The van der Waals surface area contributed by atoms with Crippen molar-refractivity contribution in [3.8, 4) is 0 Å². The van der Waals surface area contributed by atoms with Crippen molar-refractivity contribution in [3.05, 3.63) is 46.2 Å². The van der Waals surface area contributed by atoms with Gasteiger partial charge in [-0.2, -0.15) is 0 Å². The van der Waals surface area contributed by atoms with E-state index in [1.165, 1.54) is 4.88 Å². The van der Waals surface area contributed by atoms with Crippen LogP contribution in [0.4, 0.5) is 4.79 Å². The molecule has 3 rings (SSSR count). The molecule has 2 aromatic rings. The van der Waals surface area contributed by atoms with Crippen LogP contribution in [0.3, 0.4) is 0 Å². The lowest BCUT2D eigenvalue weighted by molar-refractivity contribution is 0.197. The van der Waals surface area contributed by atoms with Crippen LogP contribution in [0.1, 0.15) is 22.7 Å². The maximum Gasteiger partial charge on any atom is 0.317 e. The molecule has 1 aliphatic rings. The van der Waals surface area contributed by atoms with E-state index in [1.807, 2.05) is 11.8 Å². The molecule has 128 valence electrons. The van der Waals surface area contributed by atoms with Gasteiger partial charge in [0.05, 0.1) is 24.1 Å². The van der Waals surface area contributed by atoms with Crippen LogP contribution in [-0.2, 0) is 13.1 Å². The van der Waals surface area contributed by atoms with E-state index < -0.39 is 0 Å². The van der Waals surface area contributed by atoms with Crippen LogP contribution in [0.25, 0.3) is 0 Å². The van der Waals surface area contributed by atoms with Crippen LogP contribution in [0.5, 0.6) is 0 Å². The van der Waals surface area contributed by atoms with E-state index in [4.69, 9.17) is 0 Å². The number of carbonyl (C=O) groups excluding carboxylic acids is 1. The van der Waals surface area contributed by atoms with Crippen LogP contribution < -0.4 is 5.32 Å². The molecule has 3 heterocycles. The van der Waals surface area contributed by atoms with E-state index in [2.05, 4.69) is 37.7 Å². The minimum absolute atomic E-state index is 0.0182. The van der Waals surface area contributed by atoms with Crippen molar-refractivity contribution >= 4 is 17.4 Å². The number of aryl methyl sites for hydroxylation is 1. The minimum atomic E-state index is -0.0182. The van der Waals surface area contributed by atoms with Gasteiger partial charge in [-0.25, -0.2) is 4.79 Å². The molecule has 7 heteroatoms. The summed E-state index contributed by atoms with van der Waals surface area (Å²) in [6, 6.07) is 4.24. The van der Waals surface area contributed by atoms with E-state index in [9.17, 15) is 4.79 Å². The van der Waals surface area contributed by atoms with Gasteiger partial charge in [0.2, 0.25) is 0 Å². The fourth-order valence-electron chi connectivity index (χ4n) is 2.74. The maximum atomic E-state index is 12.4. The predicted molar refractivity (Wildman–Crippen MR) is 94.8 cm³/mol. The summed E-state index contributed by atoms with van der Waals surface area (Å²) >= 11 is 1.79. The van der Waals surface area contributed by atoms with E-state index in [1.54, 1.807) is 23.7 Å². The van der Waals surface area contributed by atoms with Gasteiger partial charge < -0.3 is 10.2 Å². The molecule has 0 unspecified atom stereocenters. The minimum Gasteiger partial charge on any atom is -0.332 e. The standard InChI is InChI=1S/C17H23N5OS/c1-14-10-19-15(11-18-14)12-20-17(23)22-6-3-5-21(7-8-22)13-16-4-2-9-24-16/h2,4,9-11H,3,5-8,12-13H2,1H3,(H,20,23). The van der Waals surface area contributed by atoms with E-state index in [-0.39, 0.29) is 6.03 Å². The molecule has 0 saturated carbocycles. The molecular weight excluding hydrogens is 322 g/mol. The van der Waals surface area contributed by atoms with Crippen LogP contribution in [0, 0.1) is 6.92 Å². The molecule has 2 amide bonds. The Labute approximate surface area is 146 Å². The largest absolute Gasteiger partial charge is 0.332 e. The molecule has 1 aliphatic heterocycles. The van der Waals surface area contributed by atoms with Crippen molar-refractivity contribution in [2.45, 2.75) is 26.4 Å². The highest BCUT2D eigenvalue weighted by Gasteiger charge is 2.19. The quantitative estimate of drug-likeness (QED) is 0.923. The average Bonchev–Trinajstić information content (AvgIpc) is 2.98. The lowest BCUT2D eigenvalue weighted by Crippen LogP contribution is -2.41. The number of urea groups is 1. The fourth-order valence-corrected chi connectivity index (χ4v) is 3.49. The Bertz CT molecular complexity index is 644. The Morgan fingerprint density at radius 3 is 2.92 bits per heavy atom. The summed E-state index contributed by atoms with van der Waals surface area (Å²) in [4.78, 5) is 26.5. The highest BCUT2D eigenvalue weighted by atomic mass is 32.1. The highest BCUT2D eigenvalue weighted by molar-refractivity contribution is 7.09. The Morgan fingerprint density at radius 2 is 2.17 bits per heavy atom. The van der Waals surface area contributed by atoms with E-state index in [0.717, 1.165) is 50.5 Å². The molecular formula is C17H23N5OS. The summed E-state index contributed by atoms with van der Waals surface area (Å²) in [5.41, 5.74) is 1.66. The number of nitrogens with one attached hydrogen (secondary N) is 1. The number of thiophene rings is 1. The first-order valence-electron chi connectivity index (χ1n) is 8.26. The van der Waals surface area contributed by atoms with Gasteiger partial charge in [0.25, 0.3) is 0 Å². The number of rotatable bonds is 4. The monoisotopic (exact) mass is 345 g/mol. The Balaban J connectivity index is 1.46. The van der Waals surface area contributed by atoms with Gasteiger partial charge in [0, 0.05) is 43.8 Å². The zero-order chi connectivity index (χ0) is 16.8. The second-order valence-corrected chi connectivity index (χ2v) is 7.04. The molecule has 1 saturated heterocycles. The third-order valence-electron chi connectivity index (χ3n) is 4.09. The van der Waals surface area contributed by atoms with Crippen LogP contribution in [-0.4, -0.2) is 52.0 Å². The molecule has 0 aliphatic carbocycles. The van der Waals surface area contributed by atoms with Crippen molar-refractivity contribution in [1.82, 2.24) is 25.1 Å². The van der Waals surface area contributed by atoms with Gasteiger partial charge in [0.15, 0.2) is 0 Å². The molecule has 0 atom stereocenters. The third kappa shape index (κ3) is 4.75. The molecule has 2 aromatic heterocycles. The normalized spacial score (nSPS) is 16.0. The van der Waals surface area contributed by atoms with Crippen LogP contribution in [0.2, 0.25) is 0 Å². The molecule has 0 radical (unpaired) electrons. The third-order valence-corrected chi connectivity index (χ3v) is 4.95. The van der Waals surface area contributed by atoms with Gasteiger partial charge in [-0.15, -0.1) is 11.3 Å². The summed E-state index contributed by atoms with van der Waals surface area (Å²) in [6.07, 6.45) is 4.43. The molecule has 0 bridgehead atoms. The van der Waals surface area contributed by atoms with Crippen molar-refractivity contribution in [2.24, 2.45) is 0 Å². The smallest absolute Gasteiger partial charge is 0.317 e. The Morgan fingerprint density at radius 1 is 1.25 bits per heavy atom. The highest BCUT2D eigenvalue weighted by Crippen LogP contribution is 2.13. The molecule has 0 spiro atoms. The number of hydrogen-bond acceptors (Lipinski definition) is 5. The van der Waals surface area contributed by atoms with Crippen molar-refractivity contribution in [2.75, 3.05) is 26.2 Å². The number of carbonyl (C=O) groups is 1. The van der Waals surface area contributed by atoms with E-state index >= 15 is 0 Å². The lowest BCUT2D eigenvalue weighted by atomic mass is 10.3. The second-order valence-electron chi connectivity index (χ2n) is 6.00. The molecule has 0 aromatic carbocycles. The molecule has 1 fully saturated rings. The van der Waals surface area contributed by atoms with Gasteiger partial charge in [0.1, 0.15) is 0 Å². The van der Waals surface area contributed by atoms with Crippen molar-refractivity contribution < 1.29 is 4.79 Å². The van der Waals surface area contributed by atoms with Gasteiger partial charge >= 0.3 is 6.03 Å². The molecule has 6 nitrogen and oxygen atoms in total.